The molecular weight excluding hydrogens is 360 g/mol. The minimum absolute atomic E-state index is 0.888. The number of H-pyrrole nitrogens is 1. The van der Waals surface area contributed by atoms with Gasteiger partial charge in [-0.25, -0.2) is 0 Å². The molecule has 5 heteroatoms. The molecule has 0 aliphatic heterocycles. The summed E-state index contributed by atoms with van der Waals surface area (Å²) in [5.74, 6) is 0.888. The lowest BCUT2D eigenvalue weighted by molar-refractivity contribution is 0.412. The Balaban J connectivity index is 1.62. The van der Waals surface area contributed by atoms with Crippen LogP contribution in [-0.2, 0) is 0 Å². The van der Waals surface area contributed by atoms with E-state index in [1.165, 1.54) is 0 Å². The van der Waals surface area contributed by atoms with Gasteiger partial charge in [-0.1, -0.05) is 24.3 Å². The molecular formula is C24H20N4O. The summed E-state index contributed by atoms with van der Waals surface area (Å²) in [6.07, 6.45) is 3.67. The summed E-state index contributed by atoms with van der Waals surface area (Å²) in [6, 6.07) is 20.7. The van der Waals surface area contributed by atoms with Crippen molar-refractivity contribution in [1.29, 1.82) is 0 Å². The van der Waals surface area contributed by atoms with Crippen LogP contribution in [0.1, 0.15) is 5.56 Å². The number of nitrogens with zero attached hydrogens (tertiary/aromatic N) is 2. The summed E-state index contributed by atoms with van der Waals surface area (Å²) < 4.78 is 5.50. The lowest BCUT2D eigenvalue weighted by Crippen LogP contribution is -1.94. The Bertz CT molecular complexity index is 1340. The summed E-state index contributed by atoms with van der Waals surface area (Å²) in [7, 11) is 1.70. The van der Waals surface area contributed by atoms with Gasteiger partial charge in [0.05, 0.1) is 24.3 Å². The van der Waals surface area contributed by atoms with Gasteiger partial charge in [0, 0.05) is 28.3 Å². The number of hydrogen-bond donors (Lipinski definition) is 2. The molecule has 0 aliphatic rings. The molecule has 29 heavy (non-hydrogen) atoms. The van der Waals surface area contributed by atoms with Crippen molar-refractivity contribution in [2.75, 3.05) is 12.4 Å². The van der Waals surface area contributed by atoms with Gasteiger partial charge in [0.15, 0.2) is 0 Å². The number of hydrogen-bond acceptors (Lipinski definition) is 4. The second-order valence-corrected chi connectivity index (χ2v) is 7.04. The third-order valence-electron chi connectivity index (χ3n) is 5.24. The summed E-state index contributed by atoms with van der Waals surface area (Å²) in [5, 5.41) is 12.8. The quantitative estimate of drug-likeness (QED) is 0.411. The second-order valence-electron chi connectivity index (χ2n) is 7.04. The Hall–Kier alpha value is -3.86. The number of benzene rings is 3. The van der Waals surface area contributed by atoms with Crippen LogP contribution in [0.15, 0.2) is 73.1 Å². The number of nitrogens with one attached hydrogen (secondary N) is 2. The number of pyridine rings is 1. The summed E-state index contributed by atoms with van der Waals surface area (Å²) in [4.78, 5) is 4.54. The van der Waals surface area contributed by atoms with Crippen molar-refractivity contribution >= 4 is 33.2 Å². The van der Waals surface area contributed by atoms with Crippen LogP contribution in [0.4, 0.5) is 11.4 Å². The van der Waals surface area contributed by atoms with Gasteiger partial charge < -0.3 is 10.1 Å². The Kier molecular flexibility index (Phi) is 4.13. The average Bonchev–Trinajstić information content (AvgIpc) is 3.24. The molecule has 5 aromatic rings. The van der Waals surface area contributed by atoms with Gasteiger partial charge in [0.2, 0.25) is 0 Å². The fraction of sp³-hybridized carbons (Fsp3) is 0.0833. The van der Waals surface area contributed by atoms with E-state index in [2.05, 4.69) is 63.0 Å². The maximum Gasteiger partial charge on any atom is 0.122 e. The van der Waals surface area contributed by atoms with E-state index in [0.29, 0.717) is 0 Å². The van der Waals surface area contributed by atoms with E-state index in [9.17, 15) is 0 Å². The van der Waals surface area contributed by atoms with E-state index >= 15 is 0 Å². The highest BCUT2D eigenvalue weighted by Gasteiger charge is 2.09. The van der Waals surface area contributed by atoms with Crippen LogP contribution in [0.2, 0.25) is 0 Å². The highest BCUT2D eigenvalue weighted by molar-refractivity contribution is 5.99. The Morgan fingerprint density at radius 3 is 2.62 bits per heavy atom. The van der Waals surface area contributed by atoms with Gasteiger partial charge in [-0.2, -0.15) is 5.10 Å². The largest absolute Gasteiger partial charge is 0.496 e. The number of aromatic amines is 1. The standard InChI is InChI=1S/C24H20N4O/c1-15-6-7-17(13-24(15)29-2)16-8-9-20-18(12-16)22(10-11-25-20)27-21-4-3-5-23-19(21)14-26-28-23/h3-14H,1-2H3,(H,25,27)(H,26,28). The maximum atomic E-state index is 5.50. The van der Waals surface area contributed by atoms with Crippen molar-refractivity contribution in [3.8, 4) is 16.9 Å². The third-order valence-corrected chi connectivity index (χ3v) is 5.24. The van der Waals surface area contributed by atoms with Crippen LogP contribution in [0, 0.1) is 6.92 Å². The van der Waals surface area contributed by atoms with E-state index in [0.717, 1.165) is 55.6 Å². The van der Waals surface area contributed by atoms with Crippen molar-refractivity contribution in [3.63, 3.8) is 0 Å². The lowest BCUT2D eigenvalue weighted by Gasteiger charge is -2.12. The molecule has 3 aromatic carbocycles. The number of ether oxygens (including phenoxy) is 1. The maximum absolute atomic E-state index is 5.50. The molecule has 0 aliphatic carbocycles. The van der Waals surface area contributed by atoms with Crippen molar-refractivity contribution in [3.05, 3.63) is 78.6 Å². The average molecular weight is 380 g/mol. The van der Waals surface area contributed by atoms with Crippen molar-refractivity contribution in [1.82, 2.24) is 15.2 Å². The van der Waals surface area contributed by atoms with E-state index in [-0.39, 0.29) is 0 Å². The van der Waals surface area contributed by atoms with Gasteiger partial charge in [0.1, 0.15) is 5.75 Å². The molecule has 5 nitrogen and oxygen atoms in total. The van der Waals surface area contributed by atoms with Gasteiger partial charge in [-0.15, -0.1) is 0 Å². The zero-order valence-corrected chi connectivity index (χ0v) is 16.2. The predicted molar refractivity (Wildman–Crippen MR) is 118 cm³/mol. The molecule has 0 atom stereocenters. The zero-order chi connectivity index (χ0) is 19.8. The summed E-state index contributed by atoms with van der Waals surface area (Å²) >= 11 is 0. The monoisotopic (exact) mass is 380 g/mol. The zero-order valence-electron chi connectivity index (χ0n) is 16.2. The van der Waals surface area contributed by atoms with Crippen molar-refractivity contribution in [2.24, 2.45) is 0 Å². The smallest absolute Gasteiger partial charge is 0.122 e. The van der Waals surface area contributed by atoms with Crippen LogP contribution < -0.4 is 10.1 Å². The van der Waals surface area contributed by atoms with E-state index in [4.69, 9.17) is 4.74 Å². The molecule has 2 aromatic heterocycles. The van der Waals surface area contributed by atoms with Crippen LogP contribution in [-0.4, -0.2) is 22.3 Å². The van der Waals surface area contributed by atoms with Gasteiger partial charge in [-0.3, -0.25) is 10.1 Å². The number of aryl methyl sites for hydroxylation is 1. The second kappa shape index (κ2) is 6.95. The number of rotatable bonds is 4. The van der Waals surface area contributed by atoms with Crippen LogP contribution >= 0.6 is 0 Å². The molecule has 0 radical (unpaired) electrons. The SMILES string of the molecule is COc1cc(-c2ccc3nccc(Nc4cccc5[nH]ncc45)c3c2)ccc1C. The topological polar surface area (TPSA) is 62.8 Å². The predicted octanol–water partition coefficient (Wildman–Crippen LogP) is 5.84. The van der Waals surface area contributed by atoms with E-state index < -0.39 is 0 Å². The Morgan fingerprint density at radius 2 is 1.72 bits per heavy atom. The first-order chi connectivity index (χ1) is 14.2. The Labute approximate surface area is 168 Å². The van der Waals surface area contributed by atoms with Gasteiger partial charge in [0.25, 0.3) is 0 Å². The third kappa shape index (κ3) is 3.06. The minimum atomic E-state index is 0.888. The first-order valence-corrected chi connectivity index (χ1v) is 9.46. The molecule has 142 valence electrons. The van der Waals surface area contributed by atoms with E-state index in [1.54, 1.807) is 7.11 Å². The number of aromatic nitrogens is 3. The summed E-state index contributed by atoms with van der Waals surface area (Å²) in [5.41, 5.74) is 7.30. The fourth-order valence-corrected chi connectivity index (χ4v) is 3.66. The van der Waals surface area contributed by atoms with Crippen molar-refractivity contribution in [2.45, 2.75) is 6.92 Å². The first kappa shape index (κ1) is 17.3. The molecule has 0 unspecified atom stereocenters. The molecule has 0 spiro atoms. The molecule has 2 heterocycles. The van der Waals surface area contributed by atoms with Gasteiger partial charge >= 0.3 is 0 Å². The lowest BCUT2D eigenvalue weighted by atomic mass is 10.0. The molecule has 2 N–H and O–H groups in total. The van der Waals surface area contributed by atoms with Gasteiger partial charge in [-0.05, 0) is 60.0 Å². The molecule has 0 bridgehead atoms. The molecule has 0 saturated carbocycles. The van der Waals surface area contributed by atoms with Crippen LogP contribution in [0.5, 0.6) is 5.75 Å². The normalized spacial score (nSPS) is 11.1. The first-order valence-electron chi connectivity index (χ1n) is 9.46. The fourth-order valence-electron chi connectivity index (χ4n) is 3.66. The molecule has 0 fully saturated rings. The molecule has 5 rings (SSSR count). The Morgan fingerprint density at radius 1 is 0.897 bits per heavy atom. The van der Waals surface area contributed by atoms with Crippen LogP contribution in [0.25, 0.3) is 32.9 Å². The highest BCUT2D eigenvalue weighted by atomic mass is 16.5. The number of fused-ring (bicyclic) bond motifs is 2. The number of methoxy groups -OCH3 is 1. The number of anilines is 2. The molecule has 0 amide bonds. The molecule has 0 saturated heterocycles. The van der Waals surface area contributed by atoms with Crippen molar-refractivity contribution < 1.29 is 4.74 Å². The minimum Gasteiger partial charge on any atom is -0.496 e. The summed E-state index contributed by atoms with van der Waals surface area (Å²) in [6.45, 7) is 2.05. The highest BCUT2D eigenvalue weighted by Crippen LogP contribution is 2.33. The van der Waals surface area contributed by atoms with E-state index in [1.807, 2.05) is 37.5 Å². The van der Waals surface area contributed by atoms with Crippen LogP contribution in [0.3, 0.4) is 0 Å².